The Hall–Kier alpha value is -1.32. The van der Waals surface area contributed by atoms with Gasteiger partial charge in [0.1, 0.15) is 6.04 Å². The molecule has 4 nitrogen and oxygen atoms in total. The molecule has 1 heterocycles. The lowest BCUT2D eigenvalue weighted by Crippen LogP contribution is -2.55. The quantitative estimate of drug-likeness (QED) is 0.613. The van der Waals surface area contributed by atoms with Gasteiger partial charge in [0.25, 0.3) is 0 Å². The molecule has 1 unspecified atom stereocenters. The molecule has 0 aliphatic carbocycles. The molecule has 14 heavy (non-hydrogen) atoms. The first-order chi connectivity index (χ1) is 6.52. The molecule has 1 atom stereocenters. The van der Waals surface area contributed by atoms with Crippen LogP contribution >= 0.6 is 0 Å². The van der Waals surface area contributed by atoms with Crippen molar-refractivity contribution >= 4 is 11.8 Å². The van der Waals surface area contributed by atoms with Gasteiger partial charge in [-0.2, -0.15) is 0 Å². The van der Waals surface area contributed by atoms with Crippen molar-refractivity contribution in [3.63, 3.8) is 0 Å². The van der Waals surface area contributed by atoms with Crippen LogP contribution in [0.3, 0.4) is 0 Å². The molecule has 1 N–H and O–H groups in total. The summed E-state index contributed by atoms with van der Waals surface area (Å²) in [5.74, 6) is -0.154. The maximum absolute atomic E-state index is 11.6. The number of carbonyl (C=O) groups excluding carboxylic acids is 2. The average molecular weight is 196 g/mol. The second kappa shape index (κ2) is 4.26. The average Bonchev–Trinajstić information content (AvgIpc) is 2.08. The first kappa shape index (κ1) is 10.8. The van der Waals surface area contributed by atoms with E-state index in [0.29, 0.717) is 13.1 Å². The van der Waals surface area contributed by atoms with E-state index in [1.54, 1.807) is 17.9 Å². The van der Waals surface area contributed by atoms with Crippen molar-refractivity contribution < 1.29 is 9.59 Å². The van der Waals surface area contributed by atoms with Crippen molar-refractivity contribution in [1.82, 2.24) is 10.2 Å². The molecule has 0 spiro atoms. The number of amides is 2. The summed E-state index contributed by atoms with van der Waals surface area (Å²) in [5.41, 5.74) is 0.952. The fraction of sp³-hybridized carbons (Fsp3) is 0.600. The van der Waals surface area contributed by atoms with E-state index in [9.17, 15) is 9.59 Å². The van der Waals surface area contributed by atoms with Gasteiger partial charge in [0.2, 0.25) is 11.8 Å². The van der Waals surface area contributed by atoms with E-state index in [4.69, 9.17) is 0 Å². The smallest absolute Gasteiger partial charge is 0.247 e. The minimum absolute atomic E-state index is 0.0765. The van der Waals surface area contributed by atoms with Gasteiger partial charge in [-0.1, -0.05) is 5.57 Å². The monoisotopic (exact) mass is 196 g/mol. The summed E-state index contributed by atoms with van der Waals surface area (Å²) in [5, 5.41) is 2.72. The van der Waals surface area contributed by atoms with Gasteiger partial charge in [-0.05, 0) is 20.8 Å². The van der Waals surface area contributed by atoms with Gasteiger partial charge in [0.15, 0.2) is 0 Å². The van der Waals surface area contributed by atoms with Crippen molar-refractivity contribution in [3.05, 3.63) is 11.6 Å². The van der Waals surface area contributed by atoms with Crippen LogP contribution in [0.15, 0.2) is 11.6 Å². The second-order valence-electron chi connectivity index (χ2n) is 3.72. The van der Waals surface area contributed by atoms with E-state index in [2.05, 4.69) is 5.32 Å². The van der Waals surface area contributed by atoms with Crippen LogP contribution in [-0.2, 0) is 9.59 Å². The molecule has 0 saturated carbocycles. The number of nitrogens with zero attached hydrogens (tertiary/aromatic N) is 1. The molecule has 0 radical (unpaired) electrons. The normalized spacial score (nSPS) is 21.5. The van der Waals surface area contributed by atoms with Crippen LogP contribution in [0.5, 0.6) is 0 Å². The van der Waals surface area contributed by atoms with E-state index in [0.717, 1.165) is 5.57 Å². The molecule has 1 aliphatic heterocycles. The SMILES string of the molecule is CC(C)=CC(=O)N1CCNC(=O)C1C. The molecule has 0 aromatic heterocycles. The third-order valence-electron chi connectivity index (χ3n) is 2.19. The molecule has 1 fully saturated rings. The fourth-order valence-electron chi connectivity index (χ4n) is 1.41. The molecule has 0 bridgehead atoms. The zero-order valence-electron chi connectivity index (χ0n) is 8.83. The molecular formula is C10H16N2O2. The Labute approximate surface area is 84.0 Å². The summed E-state index contributed by atoms with van der Waals surface area (Å²) in [6, 6.07) is -0.355. The van der Waals surface area contributed by atoms with Crippen LogP contribution in [-0.4, -0.2) is 35.8 Å². The van der Waals surface area contributed by atoms with Crippen LogP contribution in [0.25, 0.3) is 0 Å². The Morgan fingerprint density at radius 3 is 2.79 bits per heavy atom. The van der Waals surface area contributed by atoms with Crippen LogP contribution < -0.4 is 5.32 Å². The lowest BCUT2D eigenvalue weighted by atomic mass is 10.2. The highest BCUT2D eigenvalue weighted by atomic mass is 16.2. The number of piperazine rings is 1. The predicted octanol–water partition coefficient (Wildman–Crippen LogP) is 0.299. The van der Waals surface area contributed by atoms with Crippen LogP contribution in [0.1, 0.15) is 20.8 Å². The molecular weight excluding hydrogens is 180 g/mol. The predicted molar refractivity (Wildman–Crippen MR) is 53.6 cm³/mol. The number of rotatable bonds is 1. The zero-order valence-corrected chi connectivity index (χ0v) is 8.83. The van der Waals surface area contributed by atoms with Crippen molar-refractivity contribution in [3.8, 4) is 0 Å². The summed E-state index contributed by atoms with van der Waals surface area (Å²) in [4.78, 5) is 24.5. The summed E-state index contributed by atoms with van der Waals surface area (Å²) in [7, 11) is 0. The third kappa shape index (κ3) is 2.34. The number of hydrogen-bond donors (Lipinski definition) is 1. The molecule has 0 aromatic rings. The van der Waals surface area contributed by atoms with Gasteiger partial charge in [0.05, 0.1) is 0 Å². The Morgan fingerprint density at radius 2 is 2.21 bits per heavy atom. The van der Waals surface area contributed by atoms with E-state index in [1.165, 1.54) is 0 Å². The zero-order chi connectivity index (χ0) is 10.7. The van der Waals surface area contributed by atoms with Gasteiger partial charge >= 0.3 is 0 Å². The summed E-state index contributed by atoms with van der Waals surface area (Å²) < 4.78 is 0. The second-order valence-corrected chi connectivity index (χ2v) is 3.72. The van der Waals surface area contributed by atoms with E-state index >= 15 is 0 Å². The van der Waals surface area contributed by atoms with Gasteiger partial charge in [-0.25, -0.2) is 0 Å². The third-order valence-corrected chi connectivity index (χ3v) is 2.19. The van der Waals surface area contributed by atoms with Gasteiger partial charge in [-0.3, -0.25) is 9.59 Å². The Balaban J connectivity index is 2.72. The van der Waals surface area contributed by atoms with Crippen molar-refractivity contribution in [1.29, 1.82) is 0 Å². The highest BCUT2D eigenvalue weighted by molar-refractivity contribution is 5.93. The Morgan fingerprint density at radius 1 is 1.57 bits per heavy atom. The standard InChI is InChI=1S/C10H16N2O2/c1-7(2)6-9(13)12-5-4-11-10(14)8(12)3/h6,8H,4-5H2,1-3H3,(H,11,14). The van der Waals surface area contributed by atoms with Crippen LogP contribution in [0.4, 0.5) is 0 Å². The lowest BCUT2D eigenvalue weighted by molar-refractivity contribution is -0.139. The number of carbonyl (C=O) groups is 2. The molecule has 2 amide bonds. The highest BCUT2D eigenvalue weighted by Crippen LogP contribution is 2.05. The molecule has 1 aliphatic rings. The van der Waals surface area contributed by atoms with Crippen LogP contribution in [0.2, 0.25) is 0 Å². The fourth-order valence-corrected chi connectivity index (χ4v) is 1.41. The number of allylic oxidation sites excluding steroid dienone is 1. The van der Waals surface area contributed by atoms with Crippen molar-refractivity contribution in [2.45, 2.75) is 26.8 Å². The van der Waals surface area contributed by atoms with Crippen molar-refractivity contribution in [2.24, 2.45) is 0 Å². The number of hydrogen-bond acceptors (Lipinski definition) is 2. The van der Waals surface area contributed by atoms with Gasteiger partial charge < -0.3 is 10.2 Å². The first-order valence-electron chi connectivity index (χ1n) is 4.75. The van der Waals surface area contributed by atoms with E-state index in [-0.39, 0.29) is 17.9 Å². The highest BCUT2D eigenvalue weighted by Gasteiger charge is 2.27. The molecule has 78 valence electrons. The topological polar surface area (TPSA) is 49.4 Å². The van der Waals surface area contributed by atoms with Gasteiger partial charge in [0, 0.05) is 19.2 Å². The van der Waals surface area contributed by atoms with E-state index < -0.39 is 0 Å². The minimum Gasteiger partial charge on any atom is -0.353 e. The molecule has 1 saturated heterocycles. The Bertz CT molecular complexity index is 280. The summed E-state index contributed by atoms with van der Waals surface area (Å²) >= 11 is 0. The van der Waals surface area contributed by atoms with Gasteiger partial charge in [-0.15, -0.1) is 0 Å². The van der Waals surface area contributed by atoms with Crippen LogP contribution in [0, 0.1) is 0 Å². The van der Waals surface area contributed by atoms with Crippen molar-refractivity contribution in [2.75, 3.05) is 13.1 Å². The molecule has 4 heteroatoms. The minimum atomic E-state index is -0.355. The van der Waals surface area contributed by atoms with E-state index in [1.807, 2.05) is 13.8 Å². The number of nitrogens with one attached hydrogen (secondary N) is 1. The maximum atomic E-state index is 11.6. The summed E-state index contributed by atoms with van der Waals surface area (Å²) in [6.45, 7) is 6.62. The molecule has 1 rings (SSSR count). The Kier molecular flexibility index (Phi) is 3.28. The maximum Gasteiger partial charge on any atom is 0.247 e. The molecule has 0 aromatic carbocycles. The first-order valence-corrected chi connectivity index (χ1v) is 4.75. The largest absolute Gasteiger partial charge is 0.353 e. The summed E-state index contributed by atoms with van der Waals surface area (Å²) in [6.07, 6.45) is 1.56. The lowest BCUT2D eigenvalue weighted by Gasteiger charge is -2.32.